The van der Waals surface area contributed by atoms with Crippen LogP contribution in [-0.2, 0) is 20.0 Å². The van der Waals surface area contributed by atoms with E-state index < -0.39 is 25.3 Å². The van der Waals surface area contributed by atoms with E-state index in [-0.39, 0.29) is 29.9 Å². The molecule has 0 spiro atoms. The molecule has 1 aliphatic rings. The van der Waals surface area contributed by atoms with Gasteiger partial charge in [-0.3, -0.25) is 0 Å². The number of hydrogen-bond donors (Lipinski definition) is 2. The Morgan fingerprint density at radius 2 is 1.58 bits per heavy atom. The first-order valence-electron chi connectivity index (χ1n) is 11.5. The van der Waals surface area contributed by atoms with Crippen molar-refractivity contribution in [2.75, 3.05) is 13.1 Å². The summed E-state index contributed by atoms with van der Waals surface area (Å²) in [4.78, 5) is 4.26. The number of aliphatic imine (C=N–C) groups is 1. The molecule has 3 aromatic carbocycles. The van der Waals surface area contributed by atoms with Crippen molar-refractivity contribution in [1.82, 2.24) is 9.73 Å². The van der Waals surface area contributed by atoms with Gasteiger partial charge in [0.25, 0.3) is 10.0 Å². The van der Waals surface area contributed by atoms with E-state index in [4.69, 9.17) is 33.4 Å². The quantitative estimate of drug-likeness (QED) is 0.317. The molecule has 0 aliphatic carbocycles. The molecular formula is C25H25Cl2N5O4S2. The number of hydrazone groups is 1. The van der Waals surface area contributed by atoms with Gasteiger partial charge in [0, 0.05) is 16.0 Å². The summed E-state index contributed by atoms with van der Waals surface area (Å²) in [6.45, 7) is 1.35. The van der Waals surface area contributed by atoms with Gasteiger partial charge < -0.3 is 0 Å². The summed E-state index contributed by atoms with van der Waals surface area (Å²) in [7, 11) is -8.02. The largest absolute Gasteiger partial charge is 0.264 e. The zero-order valence-corrected chi connectivity index (χ0v) is 23.3. The molecule has 0 fully saturated rings. The second-order valence-corrected chi connectivity index (χ2v) is 13.2. The third-order valence-electron chi connectivity index (χ3n) is 5.91. The van der Waals surface area contributed by atoms with E-state index in [0.717, 1.165) is 11.1 Å². The molecule has 4 rings (SSSR count). The topological polar surface area (TPSA) is 134 Å². The van der Waals surface area contributed by atoms with Crippen molar-refractivity contribution in [2.45, 2.75) is 23.0 Å². The van der Waals surface area contributed by atoms with Crippen molar-refractivity contribution in [1.29, 1.82) is 0 Å². The minimum Gasteiger partial charge on any atom is -0.249 e. The molecule has 9 nitrogen and oxygen atoms in total. The number of benzene rings is 3. The fourth-order valence-corrected chi connectivity index (χ4v) is 5.30. The summed E-state index contributed by atoms with van der Waals surface area (Å²) in [6.07, 6.45) is 0. The minimum atomic E-state index is -4.12. The average Bonchev–Trinajstić information content (AvgIpc) is 3.32. The molecule has 0 saturated carbocycles. The van der Waals surface area contributed by atoms with Crippen LogP contribution in [0.25, 0.3) is 0 Å². The lowest BCUT2D eigenvalue weighted by molar-refractivity contribution is 0.460. The van der Waals surface area contributed by atoms with Crippen LogP contribution >= 0.6 is 23.2 Å². The molecule has 3 N–H and O–H groups in total. The van der Waals surface area contributed by atoms with Gasteiger partial charge in [0.05, 0.1) is 28.9 Å². The first-order chi connectivity index (χ1) is 17.9. The van der Waals surface area contributed by atoms with Crippen molar-refractivity contribution >= 4 is 54.9 Å². The van der Waals surface area contributed by atoms with Gasteiger partial charge in [-0.2, -0.15) is 5.10 Å². The van der Waals surface area contributed by atoms with Gasteiger partial charge in [-0.15, -0.1) is 0 Å². The zero-order valence-electron chi connectivity index (χ0n) is 20.2. The lowest BCUT2D eigenvalue weighted by Crippen LogP contribution is -2.42. The van der Waals surface area contributed by atoms with Crippen molar-refractivity contribution in [3.8, 4) is 0 Å². The number of primary sulfonamides is 1. The third-order valence-corrected chi connectivity index (χ3v) is 9.03. The second-order valence-electron chi connectivity index (χ2n) is 8.66. The predicted octanol–water partition coefficient (Wildman–Crippen LogP) is 3.81. The molecule has 2 atom stereocenters. The molecular weight excluding hydrogens is 569 g/mol. The Labute approximate surface area is 232 Å². The third kappa shape index (κ3) is 6.72. The smallest absolute Gasteiger partial charge is 0.249 e. The van der Waals surface area contributed by atoms with Crippen LogP contribution in [0.4, 0.5) is 0 Å². The van der Waals surface area contributed by atoms with E-state index in [2.05, 4.69) is 9.71 Å². The molecule has 0 unspecified atom stereocenters. The molecule has 1 heterocycles. The monoisotopic (exact) mass is 593 g/mol. The van der Waals surface area contributed by atoms with Gasteiger partial charge in [0.15, 0.2) is 0 Å². The lowest BCUT2D eigenvalue weighted by atomic mass is 9.91. The van der Waals surface area contributed by atoms with E-state index in [1.165, 1.54) is 36.2 Å². The Morgan fingerprint density at radius 3 is 2.16 bits per heavy atom. The molecule has 0 saturated heterocycles. The fourth-order valence-electron chi connectivity index (χ4n) is 3.74. The van der Waals surface area contributed by atoms with Gasteiger partial charge >= 0.3 is 0 Å². The number of hydrogen-bond acceptors (Lipinski definition) is 6. The SMILES string of the molecule is C[C@H](CN=C(NS(=O)(=O)c1ccc(Cl)cc1)N1C[C@@H](c2ccccc2)C(c2ccc(Cl)cc2)=N1)S(N)(=O)=O. The molecule has 3 aromatic rings. The zero-order chi connectivity index (χ0) is 27.5. The van der Waals surface area contributed by atoms with Gasteiger partial charge in [-0.1, -0.05) is 65.7 Å². The number of nitrogens with one attached hydrogen (secondary N) is 1. The standard InChI is InChI=1S/C25H25Cl2N5O4S2/c1-17(37(28,33)34)15-29-25(31-38(35,36)22-13-11-21(27)12-14-22)32-16-23(18-5-3-2-4-6-18)24(30-32)19-7-9-20(26)10-8-19/h2-14,17,23H,15-16H2,1H3,(H,29,31)(H2,28,33,34)/t17-,23+/m1/s1. The Kier molecular flexibility index (Phi) is 8.43. The normalized spacial score (nSPS) is 17.3. The first-order valence-corrected chi connectivity index (χ1v) is 15.3. The molecule has 0 radical (unpaired) electrons. The number of sulfonamides is 2. The molecule has 0 bridgehead atoms. The average molecular weight is 595 g/mol. The Bertz CT molecular complexity index is 1560. The summed E-state index contributed by atoms with van der Waals surface area (Å²) < 4.78 is 52.5. The van der Waals surface area contributed by atoms with Crippen LogP contribution in [0.2, 0.25) is 10.0 Å². The molecule has 200 valence electrons. The van der Waals surface area contributed by atoms with Gasteiger partial charge in [0.1, 0.15) is 0 Å². The van der Waals surface area contributed by atoms with Crippen molar-refractivity contribution in [3.05, 3.63) is 100 Å². The Balaban J connectivity index is 1.76. The molecule has 38 heavy (non-hydrogen) atoms. The van der Waals surface area contributed by atoms with Gasteiger partial charge in [-0.25, -0.2) is 36.7 Å². The summed E-state index contributed by atoms with van der Waals surface area (Å²) in [5.74, 6) is -0.376. The number of rotatable bonds is 7. The van der Waals surface area contributed by atoms with Crippen LogP contribution in [0.15, 0.2) is 93.9 Å². The second kappa shape index (κ2) is 11.4. The highest BCUT2D eigenvalue weighted by atomic mass is 35.5. The summed E-state index contributed by atoms with van der Waals surface area (Å²) >= 11 is 12.0. The van der Waals surface area contributed by atoms with Gasteiger partial charge in [0.2, 0.25) is 16.0 Å². The van der Waals surface area contributed by atoms with Crippen LogP contribution < -0.4 is 9.86 Å². The van der Waals surface area contributed by atoms with E-state index in [1.807, 2.05) is 42.5 Å². The van der Waals surface area contributed by atoms with Crippen LogP contribution in [0.1, 0.15) is 24.0 Å². The number of nitrogens with two attached hydrogens (primary N) is 1. The van der Waals surface area contributed by atoms with Crippen molar-refractivity contribution < 1.29 is 16.8 Å². The summed E-state index contributed by atoms with van der Waals surface area (Å²) in [6, 6.07) is 22.4. The maximum Gasteiger partial charge on any atom is 0.264 e. The van der Waals surface area contributed by atoms with E-state index in [9.17, 15) is 16.8 Å². The van der Waals surface area contributed by atoms with E-state index >= 15 is 0 Å². The molecule has 0 aromatic heterocycles. The Hall–Kier alpha value is -2.96. The molecule has 13 heteroatoms. The van der Waals surface area contributed by atoms with E-state index in [1.54, 1.807) is 12.1 Å². The number of halogens is 2. The van der Waals surface area contributed by atoms with E-state index in [0.29, 0.717) is 15.8 Å². The van der Waals surface area contributed by atoms with Gasteiger partial charge in [-0.05, 0) is 54.4 Å². The van der Waals surface area contributed by atoms with Crippen LogP contribution in [0.5, 0.6) is 0 Å². The molecule has 1 aliphatic heterocycles. The first kappa shape index (κ1) is 28.1. The van der Waals surface area contributed by atoms with Crippen molar-refractivity contribution in [3.63, 3.8) is 0 Å². The maximum atomic E-state index is 13.2. The maximum absolute atomic E-state index is 13.2. The summed E-state index contributed by atoms with van der Waals surface area (Å²) in [5, 5.41) is 11.3. The summed E-state index contributed by atoms with van der Waals surface area (Å²) in [5.41, 5.74) is 2.43. The number of nitrogens with zero attached hydrogens (tertiary/aromatic N) is 3. The minimum absolute atomic E-state index is 0.0465. The van der Waals surface area contributed by atoms with Crippen LogP contribution in [-0.4, -0.2) is 51.9 Å². The highest BCUT2D eigenvalue weighted by molar-refractivity contribution is 7.90. The fraction of sp³-hybridized carbons (Fsp3) is 0.200. The molecule has 0 amide bonds. The highest BCUT2D eigenvalue weighted by Gasteiger charge is 2.33. The van der Waals surface area contributed by atoms with Crippen molar-refractivity contribution in [2.24, 2.45) is 15.2 Å². The lowest BCUT2D eigenvalue weighted by Gasteiger charge is -2.20. The highest BCUT2D eigenvalue weighted by Crippen LogP contribution is 2.29. The number of guanidine groups is 1. The Morgan fingerprint density at radius 1 is 1.00 bits per heavy atom. The predicted molar refractivity (Wildman–Crippen MR) is 151 cm³/mol. The van der Waals surface area contributed by atoms with Crippen LogP contribution in [0, 0.1) is 0 Å². The van der Waals surface area contributed by atoms with Crippen LogP contribution in [0.3, 0.4) is 0 Å².